The Bertz CT molecular complexity index is 1100. The first-order chi connectivity index (χ1) is 12.5. The molecule has 6 heteroatoms. The minimum Gasteiger partial charge on any atom is -0.284 e. The van der Waals surface area contributed by atoms with Gasteiger partial charge in [0.15, 0.2) is 0 Å². The van der Waals surface area contributed by atoms with Crippen LogP contribution in [0.5, 0.6) is 0 Å². The van der Waals surface area contributed by atoms with Crippen molar-refractivity contribution in [1.82, 2.24) is 0 Å². The Morgan fingerprint density at radius 3 is 1.35 bits per heavy atom. The van der Waals surface area contributed by atoms with Crippen molar-refractivity contribution in [3.05, 3.63) is 55.9 Å². The molecule has 128 valence electrons. The summed E-state index contributed by atoms with van der Waals surface area (Å²) in [5.41, 5.74) is 1.82. The van der Waals surface area contributed by atoms with Crippen molar-refractivity contribution >= 4 is 56.9 Å². The SMILES string of the molecule is Cc1ccc(-c2cc3c(s2)C(=O)C(=O)c2sc(-c4ccc(C)s4)cc2-3)s1. The molecule has 0 radical (unpaired) electrons. The zero-order valence-electron chi connectivity index (χ0n) is 13.9. The predicted octanol–water partition coefficient (Wildman–Crippen LogP) is 6.93. The zero-order chi connectivity index (χ0) is 18.0. The Labute approximate surface area is 166 Å². The lowest BCUT2D eigenvalue weighted by atomic mass is 9.95. The third-order valence-corrected chi connectivity index (χ3v) is 9.00. The fraction of sp³-hybridized carbons (Fsp3) is 0.100. The summed E-state index contributed by atoms with van der Waals surface area (Å²) in [4.78, 5) is 33.3. The van der Waals surface area contributed by atoms with Crippen LogP contribution in [0.2, 0.25) is 0 Å². The van der Waals surface area contributed by atoms with Gasteiger partial charge in [0.05, 0.1) is 9.75 Å². The van der Waals surface area contributed by atoms with E-state index >= 15 is 0 Å². The van der Waals surface area contributed by atoms with Gasteiger partial charge in [0.1, 0.15) is 0 Å². The Balaban J connectivity index is 1.69. The van der Waals surface area contributed by atoms with Crippen LogP contribution in [0, 0.1) is 13.8 Å². The molecule has 0 atom stereocenters. The average Bonchev–Trinajstić information content (AvgIpc) is 3.36. The summed E-state index contributed by atoms with van der Waals surface area (Å²) in [7, 11) is 0. The number of fused-ring (bicyclic) bond motifs is 3. The molecule has 5 rings (SSSR count). The first-order valence-electron chi connectivity index (χ1n) is 8.02. The molecule has 4 aromatic rings. The van der Waals surface area contributed by atoms with Crippen molar-refractivity contribution < 1.29 is 9.59 Å². The van der Waals surface area contributed by atoms with E-state index in [0.29, 0.717) is 9.75 Å². The smallest absolute Gasteiger partial charge is 0.244 e. The molecule has 0 fully saturated rings. The summed E-state index contributed by atoms with van der Waals surface area (Å²) in [5.74, 6) is -0.736. The number of rotatable bonds is 2. The molecule has 0 saturated carbocycles. The van der Waals surface area contributed by atoms with Crippen LogP contribution >= 0.6 is 45.3 Å². The number of hydrogen-bond donors (Lipinski definition) is 0. The summed E-state index contributed by atoms with van der Waals surface area (Å²) < 4.78 is 0. The summed E-state index contributed by atoms with van der Waals surface area (Å²) in [5, 5.41) is 0. The number of thiophene rings is 4. The van der Waals surface area contributed by atoms with Crippen molar-refractivity contribution in [2.75, 3.05) is 0 Å². The van der Waals surface area contributed by atoms with Gasteiger partial charge in [-0.1, -0.05) is 0 Å². The van der Waals surface area contributed by atoms with Crippen molar-refractivity contribution in [3.63, 3.8) is 0 Å². The lowest BCUT2D eigenvalue weighted by molar-refractivity contribution is 0.0820. The van der Waals surface area contributed by atoms with Gasteiger partial charge in [0.2, 0.25) is 11.6 Å². The molecule has 4 aromatic heterocycles. The van der Waals surface area contributed by atoms with Crippen LogP contribution in [0.3, 0.4) is 0 Å². The molecule has 0 bridgehead atoms. The normalized spacial score (nSPS) is 13.2. The van der Waals surface area contributed by atoms with Gasteiger partial charge in [-0.05, 0) is 50.2 Å². The Hall–Kier alpha value is -1.86. The molecular weight excluding hydrogens is 400 g/mol. The van der Waals surface area contributed by atoms with Gasteiger partial charge in [-0.15, -0.1) is 45.3 Å². The molecule has 0 N–H and O–H groups in total. The lowest BCUT2D eigenvalue weighted by Gasteiger charge is -2.08. The van der Waals surface area contributed by atoms with E-state index in [1.807, 2.05) is 0 Å². The van der Waals surface area contributed by atoms with Gasteiger partial charge in [-0.2, -0.15) is 0 Å². The molecule has 26 heavy (non-hydrogen) atoms. The third kappa shape index (κ3) is 2.41. The van der Waals surface area contributed by atoms with Gasteiger partial charge in [-0.25, -0.2) is 0 Å². The molecule has 0 spiro atoms. The fourth-order valence-electron chi connectivity index (χ4n) is 3.10. The van der Waals surface area contributed by atoms with Gasteiger partial charge >= 0.3 is 0 Å². The van der Waals surface area contributed by atoms with Crippen LogP contribution in [-0.4, -0.2) is 11.6 Å². The molecule has 2 nitrogen and oxygen atoms in total. The van der Waals surface area contributed by atoms with E-state index in [1.54, 1.807) is 22.7 Å². The van der Waals surface area contributed by atoms with Crippen LogP contribution in [0.25, 0.3) is 30.6 Å². The highest BCUT2D eigenvalue weighted by Crippen LogP contribution is 2.48. The second-order valence-electron chi connectivity index (χ2n) is 6.19. The first-order valence-corrected chi connectivity index (χ1v) is 11.3. The van der Waals surface area contributed by atoms with Gasteiger partial charge < -0.3 is 0 Å². The topological polar surface area (TPSA) is 34.1 Å². The largest absolute Gasteiger partial charge is 0.284 e. The monoisotopic (exact) mass is 412 g/mol. The minimum atomic E-state index is -0.368. The Morgan fingerprint density at radius 1 is 0.577 bits per heavy atom. The van der Waals surface area contributed by atoms with E-state index in [4.69, 9.17) is 0 Å². The van der Waals surface area contributed by atoms with E-state index < -0.39 is 0 Å². The summed E-state index contributed by atoms with van der Waals surface area (Å²) in [6, 6.07) is 12.5. The van der Waals surface area contributed by atoms with Gasteiger partial charge in [0.25, 0.3) is 0 Å². The lowest BCUT2D eigenvalue weighted by Crippen LogP contribution is -2.17. The summed E-state index contributed by atoms with van der Waals surface area (Å²) >= 11 is 6.29. The van der Waals surface area contributed by atoms with Crippen LogP contribution in [0.15, 0.2) is 36.4 Å². The van der Waals surface area contributed by atoms with Gasteiger partial charge in [0, 0.05) is 40.4 Å². The van der Waals surface area contributed by atoms with E-state index in [2.05, 4.69) is 50.2 Å². The Morgan fingerprint density at radius 2 is 1.00 bits per heavy atom. The fourth-order valence-corrected chi connectivity index (χ4v) is 7.22. The summed E-state index contributed by atoms with van der Waals surface area (Å²) in [6.07, 6.45) is 0. The second-order valence-corrected chi connectivity index (χ2v) is 10.9. The number of hydrogen-bond acceptors (Lipinski definition) is 6. The molecule has 0 unspecified atom stereocenters. The van der Waals surface area contributed by atoms with E-state index in [0.717, 1.165) is 30.6 Å². The molecular formula is C20H12O2S4. The van der Waals surface area contributed by atoms with Crippen LogP contribution in [0.4, 0.5) is 0 Å². The maximum atomic E-state index is 12.7. The number of carbonyl (C=O) groups is 2. The summed E-state index contributed by atoms with van der Waals surface area (Å²) in [6.45, 7) is 4.14. The quantitative estimate of drug-likeness (QED) is 0.335. The Kier molecular flexibility index (Phi) is 3.66. The molecule has 0 aliphatic heterocycles. The van der Waals surface area contributed by atoms with Crippen LogP contribution < -0.4 is 0 Å². The van der Waals surface area contributed by atoms with E-state index in [-0.39, 0.29) is 11.6 Å². The molecule has 4 heterocycles. The predicted molar refractivity (Wildman–Crippen MR) is 112 cm³/mol. The highest BCUT2D eigenvalue weighted by molar-refractivity contribution is 7.26. The standard InChI is InChI=1S/C20H12O2S4/c1-9-3-5-13(23-9)15-7-11-12-8-16(14-6-4-10(2)24-14)26-20(12)18(22)17(21)19(11)25-15/h3-8H,1-2H3. The number of carbonyl (C=O) groups excluding carboxylic acids is 2. The van der Waals surface area contributed by atoms with Crippen molar-refractivity contribution in [2.24, 2.45) is 0 Å². The molecule has 1 aliphatic carbocycles. The highest BCUT2D eigenvalue weighted by atomic mass is 32.1. The first kappa shape index (κ1) is 16.3. The molecule has 0 aromatic carbocycles. The highest BCUT2D eigenvalue weighted by Gasteiger charge is 2.35. The molecule has 0 saturated heterocycles. The third-order valence-electron chi connectivity index (χ3n) is 4.34. The van der Waals surface area contributed by atoms with E-state index in [9.17, 15) is 9.59 Å². The van der Waals surface area contributed by atoms with Crippen LogP contribution in [0.1, 0.15) is 29.1 Å². The van der Waals surface area contributed by atoms with E-state index in [1.165, 1.54) is 32.4 Å². The van der Waals surface area contributed by atoms with Gasteiger partial charge in [-0.3, -0.25) is 9.59 Å². The maximum Gasteiger partial charge on any atom is 0.244 e. The zero-order valence-corrected chi connectivity index (χ0v) is 17.2. The second kappa shape index (κ2) is 5.82. The minimum absolute atomic E-state index is 0.368. The maximum absolute atomic E-state index is 12.7. The number of aryl methyl sites for hydroxylation is 2. The number of ketones is 2. The molecule has 1 aliphatic rings. The number of Topliss-reactive ketones (excluding diaryl/α,β-unsaturated/α-hetero) is 2. The van der Waals surface area contributed by atoms with Crippen LogP contribution in [-0.2, 0) is 0 Å². The van der Waals surface area contributed by atoms with Crippen molar-refractivity contribution in [1.29, 1.82) is 0 Å². The van der Waals surface area contributed by atoms with Crippen molar-refractivity contribution in [2.45, 2.75) is 13.8 Å². The molecule has 0 amide bonds. The van der Waals surface area contributed by atoms with Crippen molar-refractivity contribution in [3.8, 4) is 30.6 Å². The average molecular weight is 413 g/mol.